The molecule has 0 aromatic heterocycles. The molecule has 1 unspecified atom stereocenters. The summed E-state index contributed by atoms with van der Waals surface area (Å²) in [6, 6.07) is 3.76. The highest BCUT2D eigenvalue weighted by molar-refractivity contribution is 9.10. The summed E-state index contributed by atoms with van der Waals surface area (Å²) in [5.41, 5.74) is 6.85. The van der Waals surface area contributed by atoms with Crippen molar-refractivity contribution < 1.29 is 4.74 Å². The summed E-state index contributed by atoms with van der Waals surface area (Å²) in [6.07, 6.45) is 0.823. The van der Waals surface area contributed by atoms with Crippen LogP contribution in [0.25, 0.3) is 0 Å². The maximum absolute atomic E-state index is 6.10. The van der Waals surface area contributed by atoms with E-state index in [9.17, 15) is 0 Å². The van der Waals surface area contributed by atoms with Crippen LogP contribution in [0.1, 0.15) is 18.0 Å². The molecule has 0 fully saturated rings. The third-order valence-corrected chi connectivity index (χ3v) is 3.45. The second-order valence-corrected chi connectivity index (χ2v) is 4.25. The second-order valence-electron chi connectivity index (χ2n) is 3.02. The van der Waals surface area contributed by atoms with Crippen LogP contribution in [-0.2, 0) is 0 Å². The first-order valence-electron chi connectivity index (χ1n) is 4.06. The molecule has 1 aliphatic heterocycles. The molecule has 0 radical (unpaired) electrons. The summed E-state index contributed by atoms with van der Waals surface area (Å²) in [5.74, 6) is 0.812. The lowest BCUT2D eigenvalue weighted by Crippen LogP contribution is -2.21. The molecule has 70 valence electrons. The van der Waals surface area contributed by atoms with Gasteiger partial charge in [-0.1, -0.05) is 11.6 Å². The van der Waals surface area contributed by atoms with Crippen LogP contribution in [-0.4, -0.2) is 6.61 Å². The average molecular weight is 263 g/mol. The molecule has 0 spiro atoms. The lowest BCUT2D eigenvalue weighted by atomic mass is 10.0. The molecular weight excluding hydrogens is 253 g/mol. The molecule has 0 bridgehead atoms. The predicted molar refractivity (Wildman–Crippen MR) is 56.2 cm³/mol. The number of fused-ring (bicyclic) bond motifs is 1. The number of rotatable bonds is 0. The summed E-state index contributed by atoms with van der Waals surface area (Å²) < 4.78 is 6.31. The Kier molecular flexibility index (Phi) is 2.49. The Hall–Kier alpha value is -0.250. The zero-order valence-corrected chi connectivity index (χ0v) is 9.23. The van der Waals surface area contributed by atoms with Crippen LogP contribution in [0.2, 0.25) is 5.02 Å². The predicted octanol–water partition coefficient (Wildman–Crippen LogP) is 2.88. The van der Waals surface area contributed by atoms with E-state index in [1.54, 1.807) is 0 Å². The molecule has 0 saturated carbocycles. The van der Waals surface area contributed by atoms with E-state index in [4.69, 9.17) is 22.1 Å². The minimum atomic E-state index is -0.00579. The highest BCUT2D eigenvalue weighted by atomic mass is 79.9. The number of halogens is 2. The fraction of sp³-hybridized carbons (Fsp3) is 0.333. The molecule has 13 heavy (non-hydrogen) atoms. The Morgan fingerprint density at radius 1 is 1.54 bits per heavy atom. The van der Waals surface area contributed by atoms with Crippen LogP contribution >= 0.6 is 27.5 Å². The van der Waals surface area contributed by atoms with Crippen molar-refractivity contribution in [2.45, 2.75) is 12.5 Å². The highest BCUT2D eigenvalue weighted by Gasteiger charge is 2.22. The minimum absolute atomic E-state index is 0.00579. The monoisotopic (exact) mass is 261 g/mol. The van der Waals surface area contributed by atoms with E-state index >= 15 is 0 Å². The van der Waals surface area contributed by atoms with Gasteiger partial charge < -0.3 is 10.5 Å². The SMILES string of the molecule is NC1CCOc2ccc(Br)c(Cl)c21. The normalized spacial score (nSPS) is 20.7. The van der Waals surface area contributed by atoms with Crippen molar-refractivity contribution in [3.8, 4) is 5.75 Å². The molecule has 1 aromatic carbocycles. The Bertz CT molecular complexity index is 343. The number of hydrogen-bond acceptors (Lipinski definition) is 2. The second kappa shape index (κ2) is 3.48. The molecule has 2 N–H and O–H groups in total. The summed E-state index contributed by atoms with van der Waals surface area (Å²) in [4.78, 5) is 0. The van der Waals surface area contributed by atoms with Gasteiger partial charge in [-0.2, -0.15) is 0 Å². The van der Waals surface area contributed by atoms with Gasteiger partial charge in [-0.15, -0.1) is 0 Å². The van der Waals surface area contributed by atoms with Gasteiger partial charge in [0.05, 0.1) is 11.6 Å². The molecule has 1 heterocycles. The number of benzene rings is 1. The van der Waals surface area contributed by atoms with Gasteiger partial charge in [0, 0.05) is 22.5 Å². The van der Waals surface area contributed by atoms with Gasteiger partial charge in [-0.25, -0.2) is 0 Å². The van der Waals surface area contributed by atoms with Gasteiger partial charge in [0.2, 0.25) is 0 Å². The maximum Gasteiger partial charge on any atom is 0.125 e. The van der Waals surface area contributed by atoms with Gasteiger partial charge in [-0.05, 0) is 28.1 Å². The van der Waals surface area contributed by atoms with Crippen LogP contribution in [0.4, 0.5) is 0 Å². The highest BCUT2D eigenvalue weighted by Crippen LogP contribution is 2.39. The zero-order valence-electron chi connectivity index (χ0n) is 6.89. The summed E-state index contributed by atoms with van der Waals surface area (Å²) in [7, 11) is 0. The van der Waals surface area contributed by atoms with Gasteiger partial charge >= 0.3 is 0 Å². The Labute approximate surface area is 90.1 Å². The van der Waals surface area contributed by atoms with Crippen LogP contribution in [0.5, 0.6) is 5.75 Å². The summed E-state index contributed by atoms with van der Waals surface area (Å²) in [6.45, 7) is 0.673. The van der Waals surface area contributed by atoms with E-state index in [0.29, 0.717) is 11.6 Å². The van der Waals surface area contributed by atoms with E-state index in [-0.39, 0.29) is 6.04 Å². The fourth-order valence-corrected chi connectivity index (χ4v) is 2.10. The molecule has 1 aliphatic rings. The Balaban J connectivity index is 2.58. The molecule has 0 aliphatic carbocycles. The topological polar surface area (TPSA) is 35.2 Å². The van der Waals surface area contributed by atoms with Crippen molar-refractivity contribution in [2.75, 3.05) is 6.61 Å². The lowest BCUT2D eigenvalue weighted by Gasteiger charge is -2.24. The fourth-order valence-electron chi connectivity index (χ4n) is 1.46. The molecule has 0 saturated heterocycles. The van der Waals surface area contributed by atoms with Gasteiger partial charge in [0.25, 0.3) is 0 Å². The van der Waals surface area contributed by atoms with Crippen molar-refractivity contribution >= 4 is 27.5 Å². The Morgan fingerprint density at radius 2 is 2.31 bits per heavy atom. The standard InChI is InChI=1S/C9H9BrClNO/c10-5-1-2-7-8(9(5)11)6(12)3-4-13-7/h1-2,6H,3-4,12H2. The Morgan fingerprint density at radius 3 is 3.08 bits per heavy atom. The van der Waals surface area contributed by atoms with Crippen LogP contribution in [0.15, 0.2) is 16.6 Å². The first-order chi connectivity index (χ1) is 6.20. The lowest BCUT2D eigenvalue weighted by molar-refractivity contribution is 0.269. The smallest absolute Gasteiger partial charge is 0.125 e. The molecular formula is C9H9BrClNO. The van der Waals surface area contributed by atoms with Crippen molar-refractivity contribution in [3.63, 3.8) is 0 Å². The third-order valence-electron chi connectivity index (χ3n) is 2.15. The summed E-state index contributed by atoms with van der Waals surface area (Å²) in [5, 5.41) is 0.671. The molecule has 2 rings (SSSR count). The van der Waals surface area contributed by atoms with Gasteiger partial charge in [0.15, 0.2) is 0 Å². The van der Waals surface area contributed by atoms with Crippen molar-refractivity contribution in [1.29, 1.82) is 0 Å². The average Bonchev–Trinajstić information content (AvgIpc) is 2.12. The first kappa shape index (κ1) is 9.31. The maximum atomic E-state index is 6.10. The van der Waals surface area contributed by atoms with E-state index < -0.39 is 0 Å². The third kappa shape index (κ3) is 1.56. The van der Waals surface area contributed by atoms with E-state index in [1.165, 1.54) is 0 Å². The van der Waals surface area contributed by atoms with Crippen molar-refractivity contribution in [1.82, 2.24) is 0 Å². The van der Waals surface area contributed by atoms with Crippen molar-refractivity contribution in [2.24, 2.45) is 5.73 Å². The van der Waals surface area contributed by atoms with Gasteiger partial charge in [0.1, 0.15) is 5.75 Å². The van der Waals surface area contributed by atoms with Crippen molar-refractivity contribution in [3.05, 3.63) is 27.2 Å². The minimum Gasteiger partial charge on any atom is -0.493 e. The van der Waals surface area contributed by atoms with E-state index in [2.05, 4.69) is 15.9 Å². The van der Waals surface area contributed by atoms with E-state index in [0.717, 1.165) is 22.2 Å². The quantitative estimate of drug-likeness (QED) is 0.780. The van der Waals surface area contributed by atoms with Crippen LogP contribution < -0.4 is 10.5 Å². The number of hydrogen-bond donors (Lipinski definition) is 1. The largest absolute Gasteiger partial charge is 0.493 e. The molecule has 2 nitrogen and oxygen atoms in total. The zero-order chi connectivity index (χ0) is 9.42. The first-order valence-corrected chi connectivity index (χ1v) is 5.23. The number of ether oxygens (including phenoxy) is 1. The summed E-state index contributed by atoms with van der Waals surface area (Å²) >= 11 is 9.46. The molecule has 4 heteroatoms. The van der Waals surface area contributed by atoms with Crippen LogP contribution in [0.3, 0.4) is 0 Å². The van der Waals surface area contributed by atoms with Crippen LogP contribution in [0, 0.1) is 0 Å². The number of nitrogens with two attached hydrogens (primary N) is 1. The van der Waals surface area contributed by atoms with E-state index in [1.807, 2.05) is 12.1 Å². The molecule has 1 aromatic rings. The molecule has 0 amide bonds. The molecule has 1 atom stereocenters. The van der Waals surface area contributed by atoms with Gasteiger partial charge in [-0.3, -0.25) is 0 Å².